The summed E-state index contributed by atoms with van der Waals surface area (Å²) in [6.07, 6.45) is 0. The smallest absolute Gasteiger partial charge is 0.250 e. The van der Waals surface area contributed by atoms with E-state index in [0.717, 1.165) is 0 Å². The van der Waals surface area contributed by atoms with Crippen molar-refractivity contribution in [3.8, 4) is 22.8 Å². The summed E-state index contributed by atoms with van der Waals surface area (Å²) in [5.41, 5.74) is 1.28. The van der Waals surface area contributed by atoms with Gasteiger partial charge < -0.3 is 4.52 Å². The maximum atomic E-state index is 12.9. The second kappa shape index (κ2) is 6.19. The molecule has 0 bridgehead atoms. The normalized spacial score (nSPS) is 11.0. The van der Waals surface area contributed by atoms with Gasteiger partial charge in [0.1, 0.15) is 18.2 Å². The first-order valence-electron chi connectivity index (χ1n) is 7.30. The average Bonchev–Trinajstić information content (AvgIpc) is 3.27. The van der Waals surface area contributed by atoms with Crippen LogP contribution in [-0.2, 0) is 6.54 Å². The molecule has 9 heteroatoms. The van der Waals surface area contributed by atoms with Crippen molar-refractivity contribution < 1.29 is 13.3 Å². The molecule has 0 N–H and O–H groups in total. The van der Waals surface area contributed by atoms with Crippen LogP contribution in [0.3, 0.4) is 0 Å². The molecule has 2 aromatic heterocycles. The number of rotatable bonds is 4. The van der Waals surface area contributed by atoms with Crippen molar-refractivity contribution in [1.29, 1.82) is 0 Å². The highest BCUT2D eigenvalue weighted by Crippen LogP contribution is 2.17. The Morgan fingerprint density at radius 1 is 0.840 bits per heavy atom. The molecule has 0 aliphatic carbocycles. The second-order valence-corrected chi connectivity index (χ2v) is 5.17. The molecule has 7 nitrogen and oxygen atoms in total. The van der Waals surface area contributed by atoms with Crippen molar-refractivity contribution in [3.05, 3.63) is 66.1 Å². The van der Waals surface area contributed by atoms with Gasteiger partial charge in [0.25, 0.3) is 5.89 Å². The molecule has 0 unspecified atom stereocenters. The summed E-state index contributed by atoms with van der Waals surface area (Å²) < 4.78 is 31.0. The van der Waals surface area contributed by atoms with E-state index >= 15 is 0 Å². The number of aromatic nitrogens is 6. The van der Waals surface area contributed by atoms with E-state index in [2.05, 4.69) is 25.6 Å². The lowest BCUT2D eigenvalue weighted by Crippen LogP contribution is -2.04. The quantitative estimate of drug-likeness (QED) is 0.568. The summed E-state index contributed by atoms with van der Waals surface area (Å²) in [7, 11) is 0. The van der Waals surface area contributed by atoms with Crippen LogP contribution >= 0.6 is 0 Å². The van der Waals surface area contributed by atoms with Gasteiger partial charge in [0, 0.05) is 11.1 Å². The predicted octanol–water partition coefficient (Wildman–Crippen LogP) is 2.72. The average molecular weight is 340 g/mol. The van der Waals surface area contributed by atoms with Gasteiger partial charge in [-0.15, -0.1) is 10.2 Å². The van der Waals surface area contributed by atoms with Gasteiger partial charge in [-0.2, -0.15) is 9.78 Å². The van der Waals surface area contributed by atoms with Gasteiger partial charge in [0.05, 0.1) is 0 Å². The third-order valence-corrected chi connectivity index (χ3v) is 3.40. The van der Waals surface area contributed by atoms with E-state index in [1.54, 1.807) is 24.3 Å². The summed E-state index contributed by atoms with van der Waals surface area (Å²) >= 11 is 0. The van der Waals surface area contributed by atoms with Crippen LogP contribution in [0.2, 0.25) is 0 Å². The van der Waals surface area contributed by atoms with Gasteiger partial charge in [-0.05, 0) is 53.7 Å². The minimum Gasteiger partial charge on any atom is -0.337 e. The Labute approximate surface area is 139 Å². The molecule has 2 aromatic carbocycles. The van der Waals surface area contributed by atoms with E-state index in [-0.39, 0.29) is 24.1 Å². The van der Waals surface area contributed by atoms with Gasteiger partial charge in [-0.25, -0.2) is 8.78 Å². The lowest BCUT2D eigenvalue weighted by molar-refractivity contribution is 0.356. The summed E-state index contributed by atoms with van der Waals surface area (Å²) in [4.78, 5) is 5.51. The maximum Gasteiger partial charge on any atom is 0.250 e. The SMILES string of the molecule is Fc1ccc(-c2noc(Cn3nnc(-c4ccc(F)cc4)n3)n2)cc1. The Morgan fingerprint density at radius 3 is 2.08 bits per heavy atom. The van der Waals surface area contributed by atoms with Crippen molar-refractivity contribution in [3.63, 3.8) is 0 Å². The predicted molar refractivity (Wildman–Crippen MR) is 82.0 cm³/mol. The van der Waals surface area contributed by atoms with Gasteiger partial charge in [0.2, 0.25) is 11.6 Å². The summed E-state index contributed by atoms with van der Waals surface area (Å²) in [6, 6.07) is 11.5. The Balaban J connectivity index is 1.51. The van der Waals surface area contributed by atoms with E-state index in [0.29, 0.717) is 22.8 Å². The number of halogens is 2. The van der Waals surface area contributed by atoms with Crippen molar-refractivity contribution in [2.24, 2.45) is 0 Å². The largest absolute Gasteiger partial charge is 0.337 e. The van der Waals surface area contributed by atoms with Crippen LogP contribution in [0.1, 0.15) is 5.89 Å². The number of hydrogen-bond acceptors (Lipinski definition) is 6. The number of hydrogen-bond donors (Lipinski definition) is 0. The van der Waals surface area contributed by atoms with Crippen molar-refractivity contribution in [2.75, 3.05) is 0 Å². The highest BCUT2D eigenvalue weighted by molar-refractivity contribution is 5.54. The Hall–Kier alpha value is -3.49. The zero-order valence-electron chi connectivity index (χ0n) is 12.7. The van der Waals surface area contributed by atoms with Crippen LogP contribution in [-0.4, -0.2) is 30.3 Å². The fourth-order valence-electron chi connectivity index (χ4n) is 2.18. The Morgan fingerprint density at radius 2 is 1.44 bits per heavy atom. The highest BCUT2D eigenvalue weighted by atomic mass is 19.1. The second-order valence-electron chi connectivity index (χ2n) is 5.17. The van der Waals surface area contributed by atoms with Crippen molar-refractivity contribution in [2.45, 2.75) is 6.54 Å². The van der Waals surface area contributed by atoms with Crippen LogP contribution in [0.15, 0.2) is 53.1 Å². The number of tetrazole rings is 1. The molecule has 124 valence electrons. The minimum absolute atomic E-state index is 0.127. The van der Waals surface area contributed by atoms with E-state index < -0.39 is 0 Å². The molecule has 4 rings (SSSR count). The monoisotopic (exact) mass is 340 g/mol. The summed E-state index contributed by atoms with van der Waals surface area (Å²) in [6.45, 7) is 0.127. The molecule has 0 fully saturated rings. The standard InChI is InChI=1S/C16H10F2N6O/c17-12-5-1-10(2-6-12)15-19-14(25-22-15)9-24-21-16(20-23-24)11-3-7-13(18)8-4-11/h1-8H,9H2. The molecule has 2 heterocycles. The molecular formula is C16H10F2N6O. The van der Waals surface area contributed by atoms with Crippen LogP contribution in [0, 0.1) is 11.6 Å². The van der Waals surface area contributed by atoms with Crippen LogP contribution in [0.25, 0.3) is 22.8 Å². The number of nitrogens with zero attached hydrogens (tertiary/aromatic N) is 6. The Kier molecular flexibility index (Phi) is 3.73. The van der Waals surface area contributed by atoms with E-state index in [9.17, 15) is 8.78 Å². The molecule has 0 saturated carbocycles. The Bertz CT molecular complexity index is 912. The van der Waals surface area contributed by atoms with Crippen molar-refractivity contribution in [1.82, 2.24) is 30.3 Å². The van der Waals surface area contributed by atoms with E-state index in [4.69, 9.17) is 4.52 Å². The minimum atomic E-state index is -0.340. The molecule has 0 amide bonds. The third kappa shape index (κ3) is 3.25. The molecule has 0 spiro atoms. The van der Waals surface area contributed by atoms with Crippen LogP contribution in [0.5, 0.6) is 0 Å². The summed E-state index contributed by atoms with van der Waals surface area (Å²) in [5.74, 6) is 0.303. The molecule has 0 radical (unpaired) electrons. The first kappa shape index (κ1) is 15.1. The lowest BCUT2D eigenvalue weighted by atomic mass is 10.2. The van der Waals surface area contributed by atoms with E-state index in [1.807, 2.05) is 0 Å². The zero-order valence-corrected chi connectivity index (χ0v) is 12.7. The van der Waals surface area contributed by atoms with Gasteiger partial charge in [-0.1, -0.05) is 5.16 Å². The molecule has 0 atom stereocenters. The van der Waals surface area contributed by atoms with Gasteiger partial charge >= 0.3 is 0 Å². The fourth-order valence-corrected chi connectivity index (χ4v) is 2.18. The summed E-state index contributed by atoms with van der Waals surface area (Å²) in [5, 5.41) is 15.9. The molecular weight excluding hydrogens is 330 g/mol. The molecule has 0 saturated heterocycles. The van der Waals surface area contributed by atoms with Crippen molar-refractivity contribution >= 4 is 0 Å². The van der Waals surface area contributed by atoms with Gasteiger partial charge in [0.15, 0.2) is 0 Å². The first-order chi connectivity index (χ1) is 12.2. The molecule has 0 aliphatic rings. The number of benzene rings is 2. The maximum absolute atomic E-state index is 12.9. The van der Waals surface area contributed by atoms with Gasteiger partial charge in [-0.3, -0.25) is 0 Å². The van der Waals surface area contributed by atoms with Crippen LogP contribution in [0.4, 0.5) is 8.78 Å². The lowest BCUT2D eigenvalue weighted by Gasteiger charge is -1.94. The topological polar surface area (TPSA) is 82.5 Å². The highest BCUT2D eigenvalue weighted by Gasteiger charge is 2.12. The molecule has 25 heavy (non-hydrogen) atoms. The third-order valence-electron chi connectivity index (χ3n) is 3.40. The first-order valence-corrected chi connectivity index (χ1v) is 7.30. The molecule has 4 aromatic rings. The zero-order chi connectivity index (χ0) is 17.2. The van der Waals surface area contributed by atoms with E-state index in [1.165, 1.54) is 29.1 Å². The molecule has 0 aliphatic heterocycles. The van der Waals surface area contributed by atoms with Crippen LogP contribution < -0.4 is 0 Å². The fraction of sp³-hybridized carbons (Fsp3) is 0.0625.